The Morgan fingerprint density at radius 2 is 2.03 bits per heavy atom. The molecule has 0 spiro atoms. The summed E-state index contributed by atoms with van der Waals surface area (Å²) in [6, 6.07) is 10.3. The number of hydrogen-bond acceptors (Lipinski definition) is 8. The molecule has 0 saturated heterocycles. The molecule has 148 valence electrons. The molecule has 1 aliphatic heterocycles. The summed E-state index contributed by atoms with van der Waals surface area (Å²) in [5.41, 5.74) is 1.39. The van der Waals surface area contributed by atoms with Crippen molar-refractivity contribution in [1.82, 2.24) is 0 Å². The molecule has 1 heterocycles. The fourth-order valence-electron chi connectivity index (χ4n) is 2.69. The third-order valence-electron chi connectivity index (χ3n) is 3.99. The van der Waals surface area contributed by atoms with Gasteiger partial charge in [0, 0.05) is 28.9 Å². The summed E-state index contributed by atoms with van der Waals surface area (Å²) in [7, 11) is 0. The molecule has 29 heavy (non-hydrogen) atoms. The van der Waals surface area contributed by atoms with Gasteiger partial charge in [-0.05, 0) is 24.3 Å². The SMILES string of the molecule is N#CCC(=O)Nc1ccc(C(=O)OCc2cc([N+](=O)[O-])cc3c2OCOC3)cc1. The first kappa shape index (κ1) is 19.8. The van der Waals surface area contributed by atoms with Gasteiger partial charge in [-0.25, -0.2) is 4.79 Å². The van der Waals surface area contributed by atoms with Crippen LogP contribution in [0.4, 0.5) is 11.4 Å². The standard InChI is InChI=1S/C19H15N3O7/c20-6-5-17(23)21-15-3-1-12(2-4-15)19(24)28-10-14-8-16(22(25)26)7-13-9-27-11-29-18(13)14/h1-4,7-8H,5,9-11H2,(H,21,23). The molecular weight excluding hydrogens is 382 g/mol. The van der Waals surface area contributed by atoms with Crippen molar-refractivity contribution in [3.8, 4) is 11.8 Å². The number of hydrogen-bond donors (Lipinski definition) is 1. The summed E-state index contributed by atoms with van der Waals surface area (Å²) < 4.78 is 15.8. The molecule has 2 aromatic carbocycles. The van der Waals surface area contributed by atoms with E-state index in [9.17, 15) is 19.7 Å². The minimum Gasteiger partial charge on any atom is -0.467 e. The number of nitro benzene ring substituents is 1. The third kappa shape index (κ3) is 4.85. The maximum absolute atomic E-state index is 12.3. The molecule has 2 aromatic rings. The van der Waals surface area contributed by atoms with E-state index in [0.29, 0.717) is 22.6 Å². The highest BCUT2D eigenvalue weighted by molar-refractivity contribution is 5.93. The van der Waals surface area contributed by atoms with Crippen LogP contribution in [0.25, 0.3) is 0 Å². The van der Waals surface area contributed by atoms with E-state index in [0.717, 1.165) is 0 Å². The molecule has 0 aromatic heterocycles. The highest BCUT2D eigenvalue weighted by Gasteiger charge is 2.22. The first-order valence-corrected chi connectivity index (χ1v) is 8.42. The highest BCUT2D eigenvalue weighted by atomic mass is 16.7. The zero-order valence-corrected chi connectivity index (χ0v) is 15.0. The first-order chi connectivity index (χ1) is 14.0. The maximum Gasteiger partial charge on any atom is 0.338 e. The molecule has 1 N–H and O–H groups in total. The molecule has 0 radical (unpaired) electrons. The summed E-state index contributed by atoms with van der Waals surface area (Å²) in [5.74, 6) is -0.695. The number of ether oxygens (including phenoxy) is 3. The average Bonchev–Trinajstić information content (AvgIpc) is 2.72. The van der Waals surface area contributed by atoms with Gasteiger partial charge in [-0.15, -0.1) is 0 Å². The fraction of sp³-hybridized carbons (Fsp3) is 0.211. The number of nitro groups is 1. The van der Waals surface area contributed by atoms with E-state index in [-0.39, 0.29) is 37.7 Å². The predicted octanol–water partition coefficient (Wildman–Crippen LogP) is 2.67. The molecule has 10 heteroatoms. The minimum absolute atomic E-state index is 0.00470. The predicted molar refractivity (Wildman–Crippen MR) is 97.8 cm³/mol. The van der Waals surface area contributed by atoms with Gasteiger partial charge in [0.15, 0.2) is 6.79 Å². The number of non-ortho nitro benzene ring substituents is 1. The number of amides is 1. The van der Waals surface area contributed by atoms with Gasteiger partial charge < -0.3 is 19.5 Å². The number of carbonyl (C=O) groups excluding carboxylic acids is 2. The van der Waals surface area contributed by atoms with Gasteiger partial charge in [0.1, 0.15) is 18.8 Å². The number of benzene rings is 2. The summed E-state index contributed by atoms with van der Waals surface area (Å²) >= 11 is 0. The van der Waals surface area contributed by atoms with Crippen LogP contribution in [0.15, 0.2) is 36.4 Å². The molecule has 1 aliphatic rings. The van der Waals surface area contributed by atoms with Gasteiger partial charge in [-0.2, -0.15) is 5.26 Å². The van der Waals surface area contributed by atoms with Crippen LogP contribution in [0.1, 0.15) is 27.9 Å². The quantitative estimate of drug-likeness (QED) is 0.445. The molecule has 0 saturated carbocycles. The Bertz CT molecular complexity index is 996. The maximum atomic E-state index is 12.3. The van der Waals surface area contributed by atoms with Crippen molar-refractivity contribution in [3.05, 3.63) is 63.2 Å². The van der Waals surface area contributed by atoms with Crippen molar-refractivity contribution >= 4 is 23.3 Å². The number of nitrogens with one attached hydrogen (secondary N) is 1. The minimum atomic E-state index is -0.646. The largest absolute Gasteiger partial charge is 0.467 e. The van der Waals surface area contributed by atoms with Crippen LogP contribution in [-0.4, -0.2) is 23.6 Å². The van der Waals surface area contributed by atoms with Crippen molar-refractivity contribution in [3.63, 3.8) is 0 Å². The van der Waals surface area contributed by atoms with Crippen molar-refractivity contribution in [2.24, 2.45) is 0 Å². The van der Waals surface area contributed by atoms with E-state index in [1.807, 2.05) is 0 Å². The van der Waals surface area contributed by atoms with Crippen LogP contribution < -0.4 is 10.1 Å². The zero-order chi connectivity index (χ0) is 20.8. The molecule has 0 unspecified atom stereocenters. The second-order valence-electron chi connectivity index (χ2n) is 6.00. The van der Waals surface area contributed by atoms with Crippen molar-refractivity contribution < 1.29 is 28.7 Å². The monoisotopic (exact) mass is 397 g/mol. The second-order valence-corrected chi connectivity index (χ2v) is 6.00. The number of fused-ring (bicyclic) bond motifs is 1. The smallest absolute Gasteiger partial charge is 0.338 e. The fourth-order valence-corrected chi connectivity index (χ4v) is 2.69. The Kier molecular flexibility index (Phi) is 6.01. The Morgan fingerprint density at radius 3 is 2.72 bits per heavy atom. The van der Waals surface area contributed by atoms with Crippen LogP contribution in [0.2, 0.25) is 0 Å². The van der Waals surface area contributed by atoms with E-state index in [1.54, 1.807) is 6.07 Å². The van der Waals surface area contributed by atoms with Gasteiger partial charge in [0.25, 0.3) is 5.69 Å². The Balaban J connectivity index is 1.69. The summed E-state index contributed by atoms with van der Waals surface area (Å²) in [5, 5.41) is 22.1. The lowest BCUT2D eigenvalue weighted by molar-refractivity contribution is -0.385. The van der Waals surface area contributed by atoms with Crippen LogP contribution in [0, 0.1) is 21.4 Å². The van der Waals surface area contributed by atoms with E-state index in [2.05, 4.69) is 5.32 Å². The van der Waals surface area contributed by atoms with Gasteiger partial charge in [0.2, 0.25) is 5.91 Å². The van der Waals surface area contributed by atoms with Gasteiger partial charge >= 0.3 is 5.97 Å². The lowest BCUT2D eigenvalue weighted by atomic mass is 10.1. The summed E-state index contributed by atoms with van der Waals surface area (Å²) in [6.07, 6.45) is -0.273. The normalized spacial score (nSPS) is 12.1. The van der Waals surface area contributed by atoms with Gasteiger partial charge in [-0.1, -0.05) is 0 Å². The van der Waals surface area contributed by atoms with E-state index < -0.39 is 16.8 Å². The van der Waals surface area contributed by atoms with Crippen LogP contribution in [0.5, 0.6) is 5.75 Å². The van der Waals surface area contributed by atoms with Crippen molar-refractivity contribution in [2.75, 3.05) is 12.1 Å². The van der Waals surface area contributed by atoms with Gasteiger partial charge in [-0.3, -0.25) is 14.9 Å². The van der Waals surface area contributed by atoms with E-state index >= 15 is 0 Å². The number of esters is 1. The Labute approximate surface area is 164 Å². The number of rotatable bonds is 6. The number of nitrogens with zero attached hydrogens (tertiary/aromatic N) is 2. The lowest BCUT2D eigenvalue weighted by Crippen LogP contribution is -2.15. The second kappa shape index (κ2) is 8.81. The molecular formula is C19H15N3O7. The summed E-state index contributed by atoms with van der Waals surface area (Å²) in [4.78, 5) is 34.3. The zero-order valence-electron chi connectivity index (χ0n) is 15.0. The average molecular weight is 397 g/mol. The number of anilines is 1. The van der Waals surface area contributed by atoms with Crippen LogP contribution >= 0.6 is 0 Å². The molecule has 0 bridgehead atoms. The van der Waals surface area contributed by atoms with Crippen LogP contribution in [0.3, 0.4) is 0 Å². The molecule has 0 aliphatic carbocycles. The van der Waals surface area contributed by atoms with Gasteiger partial charge in [0.05, 0.1) is 23.2 Å². The van der Waals surface area contributed by atoms with Crippen molar-refractivity contribution in [1.29, 1.82) is 5.26 Å². The van der Waals surface area contributed by atoms with Crippen LogP contribution in [-0.2, 0) is 27.5 Å². The molecule has 3 rings (SSSR count). The number of nitriles is 1. The molecule has 0 atom stereocenters. The third-order valence-corrected chi connectivity index (χ3v) is 3.99. The molecule has 10 nitrogen and oxygen atoms in total. The molecule has 1 amide bonds. The number of carbonyl (C=O) groups is 2. The molecule has 0 fully saturated rings. The van der Waals surface area contributed by atoms with Crippen molar-refractivity contribution in [2.45, 2.75) is 19.6 Å². The highest BCUT2D eigenvalue weighted by Crippen LogP contribution is 2.33. The summed E-state index contributed by atoms with van der Waals surface area (Å²) in [6.45, 7) is -0.0504. The Morgan fingerprint density at radius 1 is 1.28 bits per heavy atom. The van der Waals surface area contributed by atoms with E-state index in [1.165, 1.54) is 36.4 Å². The first-order valence-electron chi connectivity index (χ1n) is 8.42. The van der Waals surface area contributed by atoms with E-state index in [4.69, 9.17) is 19.5 Å². The lowest BCUT2D eigenvalue weighted by Gasteiger charge is -2.20. The topological polar surface area (TPSA) is 141 Å². The Hall–Kier alpha value is -3.97.